The highest BCUT2D eigenvalue weighted by molar-refractivity contribution is 7.10. The van der Waals surface area contributed by atoms with Gasteiger partial charge < -0.3 is 5.73 Å². The summed E-state index contributed by atoms with van der Waals surface area (Å²) < 4.78 is 35.7. The zero-order valence-corrected chi connectivity index (χ0v) is 8.16. The summed E-state index contributed by atoms with van der Waals surface area (Å²) in [7, 11) is 0. The van der Waals surface area contributed by atoms with Crippen molar-refractivity contribution in [3.05, 3.63) is 22.4 Å². The molecule has 1 heterocycles. The lowest BCUT2D eigenvalue weighted by Gasteiger charge is -2.16. The van der Waals surface area contributed by atoms with Gasteiger partial charge in [-0.2, -0.15) is 13.2 Å². The van der Waals surface area contributed by atoms with Crippen molar-refractivity contribution in [1.29, 1.82) is 0 Å². The molecule has 2 nitrogen and oxygen atoms in total. The number of hydrogen-bond donors (Lipinski definition) is 2. The van der Waals surface area contributed by atoms with Gasteiger partial charge >= 0.3 is 6.18 Å². The van der Waals surface area contributed by atoms with Gasteiger partial charge in [0.2, 0.25) is 0 Å². The van der Waals surface area contributed by atoms with Crippen molar-refractivity contribution in [1.82, 2.24) is 5.32 Å². The predicted molar refractivity (Wildman–Crippen MR) is 50.2 cm³/mol. The molecule has 1 aromatic heterocycles. The zero-order valence-electron chi connectivity index (χ0n) is 7.34. The fourth-order valence-electron chi connectivity index (χ4n) is 1.03. The van der Waals surface area contributed by atoms with Gasteiger partial charge in [-0.25, -0.2) is 0 Å². The minimum Gasteiger partial charge on any atom is -0.329 e. The standard InChI is InChI=1S/C8H11F3N2S/c9-8(10,11)5-13-6(4-12)7-2-1-3-14-7/h1-3,6,13H,4-5,12H2. The van der Waals surface area contributed by atoms with E-state index in [0.29, 0.717) is 0 Å². The number of rotatable bonds is 4. The molecule has 0 aromatic carbocycles. The molecule has 6 heteroatoms. The van der Waals surface area contributed by atoms with Gasteiger partial charge in [0.05, 0.1) is 12.6 Å². The second-order valence-electron chi connectivity index (χ2n) is 2.80. The SMILES string of the molecule is NCC(NCC(F)(F)F)c1cccs1. The summed E-state index contributed by atoms with van der Waals surface area (Å²) in [6.45, 7) is -0.844. The van der Waals surface area contributed by atoms with Crippen molar-refractivity contribution in [3.63, 3.8) is 0 Å². The summed E-state index contributed by atoms with van der Waals surface area (Å²) in [6, 6.07) is 3.15. The lowest BCUT2D eigenvalue weighted by Crippen LogP contribution is -2.35. The Hall–Kier alpha value is -0.590. The van der Waals surface area contributed by atoms with Crippen LogP contribution in [0.3, 0.4) is 0 Å². The second-order valence-corrected chi connectivity index (χ2v) is 3.78. The van der Waals surface area contributed by atoms with E-state index in [2.05, 4.69) is 5.32 Å². The summed E-state index contributed by atoms with van der Waals surface area (Å²) in [5.74, 6) is 0. The van der Waals surface area contributed by atoms with Crippen LogP contribution < -0.4 is 11.1 Å². The number of nitrogens with two attached hydrogens (primary N) is 1. The van der Waals surface area contributed by atoms with Crippen LogP contribution in [0, 0.1) is 0 Å². The number of halogens is 3. The third kappa shape index (κ3) is 3.65. The van der Waals surface area contributed by atoms with Gasteiger partial charge in [0.1, 0.15) is 0 Å². The maximum absolute atomic E-state index is 11.9. The van der Waals surface area contributed by atoms with Crippen LogP contribution in [-0.4, -0.2) is 19.3 Å². The van der Waals surface area contributed by atoms with Crippen LogP contribution in [0.15, 0.2) is 17.5 Å². The van der Waals surface area contributed by atoms with E-state index in [4.69, 9.17) is 5.73 Å². The molecule has 1 aromatic rings. The number of thiophene rings is 1. The Morgan fingerprint density at radius 3 is 2.64 bits per heavy atom. The number of alkyl halides is 3. The van der Waals surface area contributed by atoms with Crippen molar-refractivity contribution in [2.45, 2.75) is 12.2 Å². The third-order valence-electron chi connectivity index (χ3n) is 1.67. The van der Waals surface area contributed by atoms with Crippen LogP contribution >= 0.6 is 11.3 Å². The van der Waals surface area contributed by atoms with E-state index in [1.807, 2.05) is 5.38 Å². The normalized spacial score (nSPS) is 14.3. The fraction of sp³-hybridized carbons (Fsp3) is 0.500. The van der Waals surface area contributed by atoms with Crippen molar-refractivity contribution in [3.8, 4) is 0 Å². The molecule has 0 fully saturated rings. The largest absolute Gasteiger partial charge is 0.401 e. The van der Waals surface area contributed by atoms with Crippen molar-refractivity contribution >= 4 is 11.3 Å². The molecular formula is C8H11F3N2S. The first-order valence-corrected chi connectivity index (χ1v) is 4.94. The van der Waals surface area contributed by atoms with Crippen LogP contribution in [0.5, 0.6) is 0 Å². The first-order valence-electron chi connectivity index (χ1n) is 4.06. The molecule has 3 N–H and O–H groups in total. The van der Waals surface area contributed by atoms with E-state index < -0.39 is 18.8 Å². The Morgan fingerprint density at radius 1 is 1.50 bits per heavy atom. The maximum Gasteiger partial charge on any atom is 0.401 e. The molecule has 0 spiro atoms. The molecule has 0 aliphatic carbocycles. The first-order chi connectivity index (χ1) is 6.53. The molecule has 0 radical (unpaired) electrons. The average Bonchev–Trinajstić information content (AvgIpc) is 2.56. The van der Waals surface area contributed by atoms with Gasteiger partial charge in [-0.1, -0.05) is 6.07 Å². The van der Waals surface area contributed by atoms with E-state index in [1.54, 1.807) is 12.1 Å². The summed E-state index contributed by atoms with van der Waals surface area (Å²) in [6.07, 6.45) is -4.19. The molecule has 1 atom stereocenters. The molecular weight excluding hydrogens is 213 g/mol. The van der Waals surface area contributed by atoms with Crippen LogP contribution in [-0.2, 0) is 0 Å². The Labute approximate surface area is 83.9 Å². The van der Waals surface area contributed by atoms with Crippen LogP contribution in [0.25, 0.3) is 0 Å². The van der Waals surface area contributed by atoms with Crippen LogP contribution in [0.4, 0.5) is 13.2 Å². The van der Waals surface area contributed by atoms with E-state index in [-0.39, 0.29) is 6.54 Å². The quantitative estimate of drug-likeness (QED) is 0.819. The lowest BCUT2D eigenvalue weighted by molar-refractivity contribution is -0.126. The monoisotopic (exact) mass is 224 g/mol. The Kier molecular flexibility index (Phi) is 3.91. The van der Waals surface area contributed by atoms with Gasteiger partial charge in [0, 0.05) is 11.4 Å². The van der Waals surface area contributed by atoms with E-state index in [1.165, 1.54) is 11.3 Å². The predicted octanol–water partition coefficient (Wildman–Crippen LogP) is 1.90. The average molecular weight is 224 g/mol. The molecule has 0 amide bonds. The minimum atomic E-state index is -4.19. The van der Waals surface area contributed by atoms with Gasteiger partial charge in [-0.05, 0) is 11.4 Å². The molecule has 14 heavy (non-hydrogen) atoms. The molecule has 0 saturated carbocycles. The molecule has 1 unspecified atom stereocenters. The van der Waals surface area contributed by atoms with Crippen molar-refractivity contribution in [2.24, 2.45) is 5.73 Å². The Balaban J connectivity index is 2.49. The molecule has 0 aliphatic heterocycles. The summed E-state index contributed by atoms with van der Waals surface area (Å²) >= 11 is 1.40. The lowest BCUT2D eigenvalue weighted by atomic mass is 10.2. The van der Waals surface area contributed by atoms with Gasteiger partial charge in [-0.15, -0.1) is 11.3 Å². The van der Waals surface area contributed by atoms with E-state index >= 15 is 0 Å². The highest BCUT2D eigenvalue weighted by atomic mass is 32.1. The van der Waals surface area contributed by atoms with Gasteiger partial charge in [0.25, 0.3) is 0 Å². The van der Waals surface area contributed by atoms with E-state index in [9.17, 15) is 13.2 Å². The van der Waals surface area contributed by atoms with E-state index in [0.717, 1.165) is 4.88 Å². The molecule has 0 bridgehead atoms. The van der Waals surface area contributed by atoms with Crippen LogP contribution in [0.2, 0.25) is 0 Å². The Bertz CT molecular complexity index is 258. The summed E-state index contributed by atoms with van der Waals surface area (Å²) in [4.78, 5) is 0.830. The molecule has 0 saturated heterocycles. The number of hydrogen-bond acceptors (Lipinski definition) is 3. The molecule has 80 valence electrons. The fourth-order valence-corrected chi connectivity index (χ4v) is 1.84. The topological polar surface area (TPSA) is 38.0 Å². The highest BCUT2D eigenvalue weighted by Crippen LogP contribution is 2.20. The zero-order chi connectivity index (χ0) is 10.6. The van der Waals surface area contributed by atoms with Crippen LogP contribution in [0.1, 0.15) is 10.9 Å². The van der Waals surface area contributed by atoms with Gasteiger partial charge in [0.15, 0.2) is 0 Å². The molecule has 0 aliphatic rings. The molecule has 1 rings (SSSR count). The number of nitrogens with one attached hydrogen (secondary N) is 1. The first kappa shape index (κ1) is 11.5. The Morgan fingerprint density at radius 2 is 2.21 bits per heavy atom. The summed E-state index contributed by atoms with van der Waals surface area (Å²) in [5.41, 5.74) is 5.37. The summed E-state index contributed by atoms with van der Waals surface area (Å²) in [5, 5.41) is 4.18. The highest BCUT2D eigenvalue weighted by Gasteiger charge is 2.28. The van der Waals surface area contributed by atoms with Crippen molar-refractivity contribution in [2.75, 3.05) is 13.1 Å². The smallest absolute Gasteiger partial charge is 0.329 e. The third-order valence-corrected chi connectivity index (χ3v) is 2.66. The van der Waals surface area contributed by atoms with Crippen molar-refractivity contribution < 1.29 is 13.2 Å². The second kappa shape index (κ2) is 4.77. The van der Waals surface area contributed by atoms with Gasteiger partial charge in [-0.3, -0.25) is 5.32 Å². The maximum atomic E-state index is 11.9. The minimum absolute atomic E-state index is 0.163.